The molecule has 0 saturated heterocycles. The largest absolute Gasteiger partial charge is 0.472 e. The van der Waals surface area contributed by atoms with Crippen LogP contribution in [0.4, 0.5) is 0 Å². The van der Waals surface area contributed by atoms with Crippen LogP contribution in [0.2, 0.25) is 0 Å². The molecule has 0 amide bonds. The van der Waals surface area contributed by atoms with Crippen molar-refractivity contribution in [2.24, 2.45) is 5.73 Å². The van der Waals surface area contributed by atoms with E-state index < -0.39 is 32.5 Å². The molecule has 3 N–H and O–H groups in total. The summed E-state index contributed by atoms with van der Waals surface area (Å²) in [5.41, 5.74) is 5.37. The third kappa shape index (κ3) is 53.1. The summed E-state index contributed by atoms with van der Waals surface area (Å²) in [7, 11) is -4.41. The molecule has 0 aromatic heterocycles. The van der Waals surface area contributed by atoms with Gasteiger partial charge >= 0.3 is 19.8 Å². The highest BCUT2D eigenvalue weighted by atomic mass is 31.2. The van der Waals surface area contributed by atoms with Gasteiger partial charge in [-0.3, -0.25) is 18.6 Å². The maximum absolute atomic E-state index is 12.7. The van der Waals surface area contributed by atoms with Crippen molar-refractivity contribution in [2.75, 3.05) is 26.4 Å². The van der Waals surface area contributed by atoms with Crippen LogP contribution in [0.15, 0.2) is 146 Å². The number of rotatable bonds is 47. The minimum absolute atomic E-state index is 0.0367. The van der Waals surface area contributed by atoms with E-state index in [2.05, 4.69) is 160 Å². The Balaban J connectivity index is 4.19. The Labute approximate surface area is 420 Å². The number of allylic oxidation sites excluding steroid dienone is 24. The summed E-state index contributed by atoms with van der Waals surface area (Å²) in [6, 6.07) is 0. The van der Waals surface area contributed by atoms with Crippen molar-refractivity contribution in [2.45, 2.75) is 187 Å². The van der Waals surface area contributed by atoms with Crippen molar-refractivity contribution in [1.29, 1.82) is 0 Å². The summed E-state index contributed by atoms with van der Waals surface area (Å²) < 4.78 is 32.9. The van der Waals surface area contributed by atoms with Crippen molar-refractivity contribution < 1.29 is 37.6 Å². The Bertz CT molecular complexity index is 1630. The van der Waals surface area contributed by atoms with Gasteiger partial charge in [0.2, 0.25) is 0 Å². The van der Waals surface area contributed by atoms with Crippen LogP contribution in [0, 0.1) is 0 Å². The average molecular weight is 976 g/mol. The molecular weight excluding hydrogens is 882 g/mol. The summed E-state index contributed by atoms with van der Waals surface area (Å²) >= 11 is 0. The van der Waals surface area contributed by atoms with Crippen molar-refractivity contribution in [3.05, 3.63) is 146 Å². The van der Waals surface area contributed by atoms with Crippen LogP contribution >= 0.6 is 7.82 Å². The van der Waals surface area contributed by atoms with Gasteiger partial charge in [0.05, 0.1) is 13.2 Å². The predicted molar refractivity (Wildman–Crippen MR) is 293 cm³/mol. The fraction of sp³-hybridized carbons (Fsp3) is 0.559. The van der Waals surface area contributed by atoms with Gasteiger partial charge in [0, 0.05) is 19.4 Å². The SMILES string of the molecule is CC/C=C\C/C=C\C/C=C\C/C=C\C/C=C\C/C=C\C/C=C\CCCCCC(=O)OC(COC(=O)CCCCCCCCC/C=C\C/C=C\C/C=C\C/C=C\C/C=C\CC)COP(=O)(O)OCCN. The molecule has 0 aliphatic carbocycles. The lowest BCUT2D eigenvalue weighted by atomic mass is 10.1. The molecule has 2 atom stereocenters. The fourth-order valence-corrected chi connectivity index (χ4v) is 7.17. The van der Waals surface area contributed by atoms with E-state index in [1.807, 2.05) is 0 Å². The summed E-state index contributed by atoms with van der Waals surface area (Å²) in [5.74, 6) is -0.894. The minimum atomic E-state index is -4.41. The second-order valence-electron chi connectivity index (χ2n) is 16.6. The van der Waals surface area contributed by atoms with Gasteiger partial charge < -0.3 is 20.1 Å². The van der Waals surface area contributed by atoms with Gasteiger partial charge in [-0.15, -0.1) is 0 Å². The summed E-state index contributed by atoms with van der Waals surface area (Å²) in [4.78, 5) is 35.1. The number of carbonyl (C=O) groups is 2. The average Bonchev–Trinajstić information content (AvgIpc) is 3.34. The maximum atomic E-state index is 12.7. The zero-order valence-electron chi connectivity index (χ0n) is 43.0. The summed E-state index contributed by atoms with van der Waals surface area (Å²) in [5, 5.41) is 0. The molecule has 0 aliphatic rings. The number of hydrogen-bond donors (Lipinski definition) is 2. The molecule has 0 aliphatic heterocycles. The van der Waals surface area contributed by atoms with E-state index in [-0.39, 0.29) is 32.6 Å². The molecule has 0 rings (SSSR count). The first-order chi connectivity index (χ1) is 33.8. The maximum Gasteiger partial charge on any atom is 0.472 e. The Morgan fingerprint density at radius 1 is 0.435 bits per heavy atom. The monoisotopic (exact) mass is 976 g/mol. The van der Waals surface area contributed by atoms with Crippen LogP contribution in [-0.4, -0.2) is 49.3 Å². The Morgan fingerprint density at radius 3 is 1.13 bits per heavy atom. The topological polar surface area (TPSA) is 134 Å². The molecule has 0 saturated carbocycles. The third-order valence-electron chi connectivity index (χ3n) is 10.2. The lowest BCUT2D eigenvalue weighted by molar-refractivity contribution is -0.161. The lowest BCUT2D eigenvalue weighted by Gasteiger charge is -2.19. The van der Waals surface area contributed by atoms with Crippen LogP contribution in [-0.2, 0) is 32.7 Å². The highest BCUT2D eigenvalue weighted by molar-refractivity contribution is 7.47. The Hall–Kier alpha value is -4.11. The Morgan fingerprint density at radius 2 is 0.754 bits per heavy atom. The van der Waals surface area contributed by atoms with E-state index in [1.54, 1.807) is 0 Å². The first kappa shape index (κ1) is 64.9. The van der Waals surface area contributed by atoms with E-state index in [9.17, 15) is 19.0 Å². The number of phosphoric ester groups is 1. The van der Waals surface area contributed by atoms with Gasteiger partial charge in [-0.2, -0.15) is 0 Å². The van der Waals surface area contributed by atoms with Gasteiger partial charge in [-0.1, -0.05) is 198 Å². The Kier molecular flexibility index (Phi) is 50.1. The molecule has 0 aromatic carbocycles. The molecular formula is C59H94NO8P. The molecule has 0 aromatic rings. The normalized spacial score (nSPS) is 14.3. The minimum Gasteiger partial charge on any atom is -0.462 e. The predicted octanol–water partition coefficient (Wildman–Crippen LogP) is 16.4. The van der Waals surface area contributed by atoms with E-state index >= 15 is 0 Å². The van der Waals surface area contributed by atoms with Crippen LogP contribution in [0.25, 0.3) is 0 Å². The first-order valence-electron chi connectivity index (χ1n) is 26.3. The fourth-order valence-electron chi connectivity index (χ4n) is 6.40. The van der Waals surface area contributed by atoms with Gasteiger partial charge in [-0.05, 0) is 116 Å². The number of unbranched alkanes of at least 4 members (excludes halogenated alkanes) is 10. The van der Waals surface area contributed by atoms with Crippen molar-refractivity contribution in [3.8, 4) is 0 Å². The number of esters is 2. The highest BCUT2D eigenvalue weighted by Crippen LogP contribution is 2.43. The van der Waals surface area contributed by atoms with Crippen LogP contribution in [0.3, 0.4) is 0 Å². The van der Waals surface area contributed by atoms with Crippen molar-refractivity contribution >= 4 is 19.8 Å². The van der Waals surface area contributed by atoms with E-state index in [0.29, 0.717) is 12.8 Å². The van der Waals surface area contributed by atoms with E-state index in [0.717, 1.165) is 122 Å². The second kappa shape index (κ2) is 53.2. The molecule has 0 bridgehead atoms. The van der Waals surface area contributed by atoms with Crippen LogP contribution in [0.1, 0.15) is 181 Å². The number of phosphoric acid groups is 1. The first-order valence-corrected chi connectivity index (χ1v) is 27.8. The number of carbonyl (C=O) groups excluding carboxylic acids is 2. The van der Waals surface area contributed by atoms with Gasteiger partial charge in [0.1, 0.15) is 6.61 Å². The molecule has 69 heavy (non-hydrogen) atoms. The molecule has 0 fully saturated rings. The molecule has 0 radical (unpaired) electrons. The molecule has 2 unspecified atom stereocenters. The van der Waals surface area contributed by atoms with Gasteiger partial charge in [0.25, 0.3) is 0 Å². The van der Waals surface area contributed by atoms with Crippen LogP contribution in [0.5, 0.6) is 0 Å². The molecule has 0 spiro atoms. The van der Waals surface area contributed by atoms with Gasteiger partial charge in [0.15, 0.2) is 6.10 Å². The standard InChI is InChI=1S/C59H94NO8P/c1-3-5-7-9-11-13-15-17-19-21-23-25-27-28-30-32-34-36-38-40-42-44-46-48-50-52-59(62)68-57(56-67-69(63,64)66-54-53-60)55-65-58(61)51-49-47-45-43-41-39-37-35-33-31-29-26-24-22-20-18-16-14-12-10-8-6-4-2/h5-8,11-14,17-20,23-26,28,30-31,33-34,36,40,42,57H,3-4,9-10,15-16,21-22,27,29,32,35,37-39,41,43-56,60H2,1-2H3,(H,63,64)/b7-5-,8-6-,13-11-,14-12-,19-17-,20-18-,25-23-,26-24-,30-28-,33-31-,36-34-,42-40-. The van der Waals surface area contributed by atoms with Crippen LogP contribution < -0.4 is 5.73 Å². The summed E-state index contributed by atoms with van der Waals surface area (Å²) in [6.45, 7) is 3.43. The molecule has 388 valence electrons. The highest BCUT2D eigenvalue weighted by Gasteiger charge is 2.26. The lowest BCUT2D eigenvalue weighted by Crippen LogP contribution is -2.29. The zero-order chi connectivity index (χ0) is 50.2. The number of nitrogens with two attached hydrogens (primary N) is 1. The van der Waals surface area contributed by atoms with Gasteiger partial charge in [-0.25, -0.2) is 4.57 Å². The quantitative estimate of drug-likeness (QED) is 0.0264. The number of hydrogen-bond acceptors (Lipinski definition) is 8. The molecule has 0 heterocycles. The second-order valence-corrected chi connectivity index (χ2v) is 18.1. The third-order valence-corrected chi connectivity index (χ3v) is 11.2. The molecule has 10 heteroatoms. The van der Waals surface area contributed by atoms with E-state index in [1.165, 1.54) is 19.3 Å². The van der Waals surface area contributed by atoms with E-state index in [4.69, 9.17) is 24.3 Å². The smallest absolute Gasteiger partial charge is 0.462 e. The zero-order valence-corrected chi connectivity index (χ0v) is 43.9. The van der Waals surface area contributed by atoms with Crippen molar-refractivity contribution in [1.82, 2.24) is 0 Å². The molecule has 9 nitrogen and oxygen atoms in total. The summed E-state index contributed by atoms with van der Waals surface area (Å²) in [6.07, 6.45) is 76.0. The number of ether oxygens (including phenoxy) is 2. The van der Waals surface area contributed by atoms with Crippen molar-refractivity contribution in [3.63, 3.8) is 0 Å².